The Morgan fingerprint density at radius 1 is 1.14 bits per heavy atom. The zero-order valence-electron chi connectivity index (χ0n) is 24.6. The fourth-order valence-electron chi connectivity index (χ4n) is 4.37. The summed E-state index contributed by atoms with van der Waals surface area (Å²) < 4.78 is 30.5. The van der Waals surface area contributed by atoms with E-state index in [1.165, 1.54) is 35.1 Å². The third kappa shape index (κ3) is 6.42. The molecule has 0 spiro atoms. The van der Waals surface area contributed by atoms with Crippen molar-refractivity contribution in [1.29, 1.82) is 5.26 Å². The summed E-state index contributed by atoms with van der Waals surface area (Å²) in [5.41, 5.74) is 3.12. The fraction of sp³-hybridized carbons (Fsp3) is 0.258. The number of ether oxygens (including phenoxy) is 1. The molecule has 0 radical (unpaired) electrons. The summed E-state index contributed by atoms with van der Waals surface area (Å²) in [5.74, 6) is 0.436. The number of aromatic nitrogens is 5. The summed E-state index contributed by atoms with van der Waals surface area (Å²) in [7, 11) is 1.59. The topological polar surface area (TPSA) is 114 Å². The molecule has 11 heteroatoms. The Morgan fingerprint density at radius 2 is 1.88 bits per heavy atom. The Balaban J connectivity index is 1.62. The van der Waals surface area contributed by atoms with Crippen LogP contribution in [0.5, 0.6) is 5.75 Å². The molecule has 2 aromatic heterocycles. The first-order valence-corrected chi connectivity index (χ1v) is 13.6. The average molecular weight is 586 g/mol. The fourth-order valence-corrected chi connectivity index (χ4v) is 4.64. The van der Waals surface area contributed by atoms with Gasteiger partial charge in [-0.25, -0.2) is 9.07 Å². The van der Waals surface area contributed by atoms with Crippen LogP contribution in [0.4, 0.5) is 15.8 Å². The Labute approximate surface area is 249 Å². The standard InChI is InChI=1S/C31H30ClFN8O/c1-31(2,3)18-36-27-21(15-34)16-35-29-25(27)13-23(14-26(29)32)37-28(20-7-9-22(33)10-8-20)30-38-39-40-41(30)17-19-5-11-24(42-4)12-6-19/h5-14,16,28,37H,17-18H2,1-4H3,(H,35,36)/i28D. The molecule has 0 bridgehead atoms. The van der Waals surface area contributed by atoms with E-state index in [1.54, 1.807) is 19.2 Å². The number of benzene rings is 3. The Kier molecular flexibility index (Phi) is 7.84. The number of hydrogen-bond donors (Lipinski definition) is 2. The number of tetrazole rings is 1. The highest BCUT2D eigenvalue weighted by atomic mass is 35.5. The number of nitrogens with zero attached hydrogens (tertiary/aromatic N) is 6. The van der Waals surface area contributed by atoms with E-state index in [9.17, 15) is 11.0 Å². The van der Waals surface area contributed by atoms with E-state index in [1.807, 2.05) is 24.3 Å². The van der Waals surface area contributed by atoms with Gasteiger partial charge in [0.25, 0.3) is 0 Å². The molecule has 0 fully saturated rings. The number of fused-ring (bicyclic) bond motifs is 1. The van der Waals surface area contributed by atoms with Crippen molar-refractivity contribution in [2.24, 2.45) is 5.41 Å². The zero-order chi connectivity index (χ0) is 30.8. The lowest BCUT2D eigenvalue weighted by Crippen LogP contribution is -2.20. The van der Waals surface area contributed by atoms with Crippen LogP contribution in [0, 0.1) is 22.6 Å². The van der Waals surface area contributed by atoms with Gasteiger partial charge in [-0.15, -0.1) is 5.10 Å². The maximum Gasteiger partial charge on any atom is 0.178 e. The van der Waals surface area contributed by atoms with Crippen LogP contribution in [0.15, 0.2) is 66.9 Å². The van der Waals surface area contributed by atoms with E-state index in [2.05, 4.69) is 58.0 Å². The van der Waals surface area contributed by atoms with Gasteiger partial charge in [0, 0.05) is 23.8 Å². The third-order valence-electron chi connectivity index (χ3n) is 6.49. The van der Waals surface area contributed by atoms with Gasteiger partial charge in [0.2, 0.25) is 0 Å². The van der Waals surface area contributed by atoms with Gasteiger partial charge < -0.3 is 15.4 Å². The van der Waals surface area contributed by atoms with Gasteiger partial charge in [-0.1, -0.05) is 56.6 Å². The molecule has 1 atom stereocenters. The lowest BCUT2D eigenvalue weighted by molar-refractivity contribution is 0.414. The number of methoxy groups -OCH3 is 1. The van der Waals surface area contributed by atoms with E-state index >= 15 is 0 Å². The van der Waals surface area contributed by atoms with Gasteiger partial charge in [0.05, 0.1) is 36.8 Å². The quantitative estimate of drug-likeness (QED) is 0.199. The van der Waals surface area contributed by atoms with Crippen LogP contribution in [0.2, 0.25) is 5.02 Å². The number of pyridine rings is 1. The number of anilines is 2. The minimum Gasteiger partial charge on any atom is -0.497 e. The van der Waals surface area contributed by atoms with Crippen LogP contribution < -0.4 is 15.4 Å². The van der Waals surface area contributed by atoms with Crippen LogP contribution in [-0.2, 0) is 6.54 Å². The molecule has 0 saturated heterocycles. The number of nitriles is 1. The van der Waals surface area contributed by atoms with Crippen molar-refractivity contribution < 1.29 is 10.5 Å². The van der Waals surface area contributed by atoms with Gasteiger partial charge >= 0.3 is 0 Å². The van der Waals surface area contributed by atoms with E-state index in [0.717, 1.165) is 5.56 Å². The molecule has 1 unspecified atom stereocenters. The molecule has 0 saturated carbocycles. The minimum absolute atomic E-state index is 0.0676. The highest BCUT2D eigenvalue weighted by Crippen LogP contribution is 2.36. The second-order valence-corrected chi connectivity index (χ2v) is 11.3. The zero-order valence-corrected chi connectivity index (χ0v) is 24.4. The van der Waals surface area contributed by atoms with E-state index in [0.29, 0.717) is 50.7 Å². The maximum atomic E-state index is 14.0. The van der Waals surface area contributed by atoms with Crippen LogP contribution >= 0.6 is 11.6 Å². The molecular weight excluding hydrogens is 555 g/mol. The summed E-state index contributed by atoms with van der Waals surface area (Å²) in [4.78, 5) is 4.43. The highest BCUT2D eigenvalue weighted by molar-refractivity contribution is 6.35. The predicted molar refractivity (Wildman–Crippen MR) is 161 cm³/mol. The van der Waals surface area contributed by atoms with Crippen molar-refractivity contribution in [3.63, 3.8) is 0 Å². The number of nitrogens with one attached hydrogen (secondary N) is 2. The smallest absolute Gasteiger partial charge is 0.178 e. The van der Waals surface area contributed by atoms with Crippen molar-refractivity contribution in [3.05, 3.63) is 100 Å². The molecule has 2 heterocycles. The molecule has 0 aliphatic rings. The first-order chi connectivity index (χ1) is 20.5. The van der Waals surface area contributed by atoms with E-state index in [-0.39, 0.29) is 17.8 Å². The molecule has 5 aromatic rings. The first-order valence-electron chi connectivity index (χ1n) is 13.7. The SMILES string of the molecule is [2H]C(Nc1cc(Cl)c2ncc(C#N)c(NCC(C)(C)C)c2c1)(c1ccc(F)cc1)c1nnnn1Cc1ccc(OC)cc1. The molecule has 0 aliphatic carbocycles. The van der Waals surface area contributed by atoms with Gasteiger partial charge in [-0.2, -0.15) is 5.26 Å². The van der Waals surface area contributed by atoms with Gasteiger partial charge in [-0.05, 0) is 63.4 Å². The minimum atomic E-state index is -1.78. The Bertz CT molecular complexity index is 1800. The molecular formula is C31H30ClFN8O. The lowest BCUT2D eigenvalue weighted by atomic mass is 9.96. The van der Waals surface area contributed by atoms with Crippen molar-refractivity contribution in [1.82, 2.24) is 25.2 Å². The molecule has 2 N–H and O–H groups in total. The van der Waals surface area contributed by atoms with Crippen molar-refractivity contribution in [3.8, 4) is 11.8 Å². The van der Waals surface area contributed by atoms with Crippen molar-refractivity contribution in [2.75, 3.05) is 24.3 Å². The normalized spacial score (nSPS) is 13.2. The maximum absolute atomic E-state index is 14.0. The molecule has 3 aromatic carbocycles. The van der Waals surface area contributed by atoms with Crippen molar-refractivity contribution in [2.45, 2.75) is 33.3 Å². The van der Waals surface area contributed by atoms with Gasteiger partial charge in [-0.3, -0.25) is 4.98 Å². The Hall–Kier alpha value is -4.75. The van der Waals surface area contributed by atoms with Gasteiger partial charge in [0.1, 0.15) is 23.7 Å². The van der Waals surface area contributed by atoms with Crippen LogP contribution in [-0.4, -0.2) is 38.8 Å². The van der Waals surface area contributed by atoms with Crippen LogP contribution in [0.25, 0.3) is 10.9 Å². The van der Waals surface area contributed by atoms with Crippen molar-refractivity contribution >= 4 is 33.9 Å². The average Bonchev–Trinajstić information content (AvgIpc) is 3.45. The molecule has 214 valence electrons. The molecule has 0 amide bonds. The van der Waals surface area contributed by atoms with E-state index < -0.39 is 11.8 Å². The number of halogens is 2. The summed E-state index contributed by atoms with van der Waals surface area (Å²) in [5, 5.41) is 29.7. The summed E-state index contributed by atoms with van der Waals surface area (Å²) in [6.45, 7) is 7.12. The molecule has 0 aliphatic heterocycles. The Morgan fingerprint density at radius 3 is 2.55 bits per heavy atom. The monoisotopic (exact) mass is 585 g/mol. The predicted octanol–water partition coefficient (Wildman–Crippen LogP) is 6.60. The first kappa shape index (κ1) is 27.4. The number of rotatable bonds is 9. The largest absolute Gasteiger partial charge is 0.497 e. The summed E-state index contributed by atoms with van der Waals surface area (Å²) in [6, 6.07) is 16.9. The third-order valence-corrected chi connectivity index (χ3v) is 6.78. The highest BCUT2D eigenvalue weighted by Gasteiger charge is 2.23. The second-order valence-electron chi connectivity index (χ2n) is 10.9. The molecule has 9 nitrogen and oxygen atoms in total. The molecule has 5 rings (SSSR count). The van der Waals surface area contributed by atoms with Crippen LogP contribution in [0.1, 0.15) is 50.7 Å². The van der Waals surface area contributed by atoms with E-state index in [4.69, 9.17) is 16.3 Å². The summed E-state index contributed by atoms with van der Waals surface area (Å²) in [6.07, 6.45) is 1.49. The number of hydrogen-bond acceptors (Lipinski definition) is 8. The molecule has 42 heavy (non-hydrogen) atoms. The van der Waals surface area contributed by atoms with Crippen LogP contribution in [0.3, 0.4) is 0 Å². The second kappa shape index (κ2) is 12.0. The lowest BCUT2D eigenvalue weighted by Gasteiger charge is -2.23. The summed E-state index contributed by atoms with van der Waals surface area (Å²) >= 11 is 6.72. The van der Waals surface area contributed by atoms with Gasteiger partial charge in [0.15, 0.2) is 5.82 Å².